The fourth-order valence-corrected chi connectivity index (χ4v) is 3.28. The normalized spacial score (nSPS) is 11.4. The van der Waals surface area contributed by atoms with Gasteiger partial charge in [0.05, 0.1) is 6.61 Å². The predicted octanol–water partition coefficient (Wildman–Crippen LogP) is 3.49. The van der Waals surface area contributed by atoms with Crippen molar-refractivity contribution in [2.45, 2.75) is 52.2 Å². The van der Waals surface area contributed by atoms with Gasteiger partial charge in [-0.3, -0.25) is 0 Å². The van der Waals surface area contributed by atoms with Crippen LogP contribution >= 0.6 is 0 Å². The summed E-state index contributed by atoms with van der Waals surface area (Å²) < 4.78 is 16.0. The lowest BCUT2D eigenvalue weighted by molar-refractivity contribution is -0.151. The average molecular weight is 288 g/mol. The Hall–Kier alpha value is -0.653. The van der Waals surface area contributed by atoms with Gasteiger partial charge in [0.1, 0.15) is 0 Å². The molecule has 0 aliphatic carbocycles. The van der Waals surface area contributed by atoms with Crippen LogP contribution in [0.3, 0.4) is 0 Å². The molecule has 5 heteroatoms. The van der Waals surface area contributed by atoms with Crippen molar-refractivity contribution in [2.24, 2.45) is 0 Å². The minimum absolute atomic E-state index is 0.00433. The molecule has 0 amide bonds. The van der Waals surface area contributed by atoms with Crippen molar-refractivity contribution < 1.29 is 18.7 Å². The quantitative estimate of drug-likeness (QED) is 0.192. The molecule has 0 aliphatic heterocycles. The van der Waals surface area contributed by atoms with Gasteiger partial charge in [-0.25, -0.2) is 4.79 Å². The molecule has 0 aromatic carbocycles. The van der Waals surface area contributed by atoms with Crippen molar-refractivity contribution in [3.8, 4) is 0 Å². The zero-order valence-corrected chi connectivity index (χ0v) is 13.8. The van der Waals surface area contributed by atoms with Gasteiger partial charge in [0, 0.05) is 12.2 Å². The van der Waals surface area contributed by atoms with Crippen molar-refractivity contribution in [1.29, 1.82) is 0 Å². The molecule has 4 nitrogen and oxygen atoms in total. The highest BCUT2D eigenvalue weighted by Gasteiger charge is 2.21. The van der Waals surface area contributed by atoms with E-state index in [1.165, 1.54) is 6.42 Å². The van der Waals surface area contributed by atoms with E-state index in [0.29, 0.717) is 12.2 Å². The monoisotopic (exact) mass is 288 g/mol. The summed E-state index contributed by atoms with van der Waals surface area (Å²) >= 11 is 0. The van der Waals surface area contributed by atoms with Gasteiger partial charge in [-0.15, -0.1) is 0 Å². The molecule has 0 heterocycles. The number of hydrogen-bond acceptors (Lipinski definition) is 4. The number of carbonyl (C=O) groups excluding carboxylic acids is 1. The lowest BCUT2D eigenvalue weighted by Crippen LogP contribution is -2.31. The first-order valence-corrected chi connectivity index (χ1v) is 10.0. The van der Waals surface area contributed by atoms with Crippen molar-refractivity contribution in [3.63, 3.8) is 0 Å². The molecule has 0 aromatic rings. The molecule has 0 spiro atoms. The lowest BCUT2D eigenvalue weighted by atomic mass is 10.4. The minimum Gasteiger partial charge on any atom is -0.435 e. The molecule has 0 aromatic heterocycles. The molecule has 0 bridgehead atoms. The van der Waals surface area contributed by atoms with Gasteiger partial charge in [-0.2, -0.15) is 0 Å². The van der Waals surface area contributed by atoms with E-state index in [1.807, 2.05) is 0 Å². The van der Waals surface area contributed by atoms with Gasteiger partial charge < -0.3 is 13.9 Å². The second-order valence-electron chi connectivity index (χ2n) is 5.30. The van der Waals surface area contributed by atoms with Crippen LogP contribution in [0.1, 0.15) is 33.1 Å². The Kier molecular flexibility index (Phi) is 9.82. The molecule has 0 saturated carbocycles. The second-order valence-corrected chi connectivity index (χ2v) is 9.61. The zero-order valence-electron chi connectivity index (χ0n) is 12.8. The first kappa shape index (κ1) is 18.3. The van der Waals surface area contributed by atoms with Crippen LogP contribution in [-0.4, -0.2) is 34.3 Å². The van der Waals surface area contributed by atoms with Crippen LogP contribution < -0.4 is 0 Å². The van der Waals surface area contributed by atoms with Crippen LogP contribution in [-0.2, 0) is 18.7 Å². The smallest absolute Gasteiger partial charge is 0.335 e. The molecule has 112 valence electrons. The first-order chi connectivity index (χ1) is 8.89. The van der Waals surface area contributed by atoms with Gasteiger partial charge in [-0.05, 0) is 38.9 Å². The van der Waals surface area contributed by atoms with E-state index >= 15 is 0 Å². The Bertz CT molecular complexity index is 277. The Morgan fingerprint density at radius 1 is 1.21 bits per heavy atom. The summed E-state index contributed by atoms with van der Waals surface area (Å²) in [7, 11) is -1.54. The molecule has 0 N–H and O–H groups in total. The van der Waals surface area contributed by atoms with Crippen molar-refractivity contribution in [2.75, 3.05) is 20.0 Å². The highest BCUT2D eigenvalue weighted by atomic mass is 28.4. The zero-order chi connectivity index (χ0) is 14.7. The average Bonchev–Trinajstić information content (AvgIpc) is 2.33. The molecule has 19 heavy (non-hydrogen) atoms. The fraction of sp³-hybridized carbons (Fsp3) is 0.786. The summed E-state index contributed by atoms with van der Waals surface area (Å²) in [6.45, 7) is 13.2. The third kappa shape index (κ3) is 10.9. The summed E-state index contributed by atoms with van der Waals surface area (Å²) in [5.74, 6) is -0.405. The topological polar surface area (TPSA) is 44.8 Å². The maximum Gasteiger partial charge on any atom is 0.335 e. The van der Waals surface area contributed by atoms with Crippen LogP contribution in [0, 0.1) is 0 Å². The number of hydrogen-bond donors (Lipinski definition) is 0. The molecule has 0 radical (unpaired) electrons. The maximum absolute atomic E-state index is 11.1. The molecule has 0 saturated heterocycles. The standard InChI is InChI=1S/C14H28O4Si/c1-6-7-10-18-19(4,5)11-8-9-16-12-17-14(15)13(2)3/h2,6-12H2,1,3-5H3. The van der Waals surface area contributed by atoms with Gasteiger partial charge in [0.2, 0.25) is 0 Å². The third-order valence-electron chi connectivity index (χ3n) is 2.68. The third-order valence-corrected chi connectivity index (χ3v) is 5.22. The van der Waals surface area contributed by atoms with Crippen LogP contribution in [0.15, 0.2) is 12.2 Å². The fourth-order valence-electron chi connectivity index (χ4n) is 1.44. The molecule has 0 rings (SSSR count). The van der Waals surface area contributed by atoms with Gasteiger partial charge >= 0.3 is 5.97 Å². The van der Waals surface area contributed by atoms with Crippen molar-refractivity contribution in [3.05, 3.63) is 12.2 Å². The van der Waals surface area contributed by atoms with E-state index < -0.39 is 14.3 Å². The van der Waals surface area contributed by atoms with E-state index in [-0.39, 0.29) is 6.79 Å². The van der Waals surface area contributed by atoms with Crippen LogP contribution in [0.25, 0.3) is 0 Å². The Labute approximate surface area is 118 Å². The van der Waals surface area contributed by atoms with Crippen LogP contribution in [0.5, 0.6) is 0 Å². The lowest BCUT2D eigenvalue weighted by Gasteiger charge is -2.22. The van der Waals surface area contributed by atoms with Gasteiger partial charge in [0.25, 0.3) is 0 Å². The Morgan fingerprint density at radius 3 is 2.47 bits per heavy atom. The SMILES string of the molecule is C=C(C)C(=O)OCOCCC[Si](C)(C)OCCCC. The Balaban J connectivity index is 3.52. The van der Waals surface area contributed by atoms with Crippen molar-refractivity contribution >= 4 is 14.3 Å². The highest BCUT2D eigenvalue weighted by molar-refractivity contribution is 6.71. The van der Waals surface area contributed by atoms with E-state index in [1.54, 1.807) is 6.92 Å². The summed E-state index contributed by atoms with van der Waals surface area (Å²) in [4.78, 5) is 11.1. The number of esters is 1. The maximum atomic E-state index is 11.1. The summed E-state index contributed by atoms with van der Waals surface area (Å²) in [6.07, 6.45) is 3.24. The van der Waals surface area contributed by atoms with E-state index in [4.69, 9.17) is 13.9 Å². The van der Waals surface area contributed by atoms with Crippen molar-refractivity contribution in [1.82, 2.24) is 0 Å². The minimum atomic E-state index is -1.54. The number of rotatable bonds is 11. The molecule has 0 fully saturated rings. The number of unbranched alkanes of at least 4 members (excludes halogenated alkanes) is 1. The van der Waals surface area contributed by atoms with E-state index in [2.05, 4.69) is 26.6 Å². The Morgan fingerprint density at radius 2 is 1.89 bits per heavy atom. The summed E-state index contributed by atoms with van der Waals surface area (Å²) in [5.41, 5.74) is 0.390. The highest BCUT2D eigenvalue weighted by Crippen LogP contribution is 2.14. The van der Waals surface area contributed by atoms with E-state index in [9.17, 15) is 4.79 Å². The molecule has 0 aliphatic rings. The number of carbonyl (C=O) groups is 1. The number of ether oxygens (including phenoxy) is 2. The predicted molar refractivity (Wildman–Crippen MR) is 79.5 cm³/mol. The summed E-state index contributed by atoms with van der Waals surface area (Å²) in [5, 5.41) is 0. The molecule has 0 atom stereocenters. The van der Waals surface area contributed by atoms with Crippen LogP contribution in [0.2, 0.25) is 19.1 Å². The molecule has 0 unspecified atom stereocenters. The largest absolute Gasteiger partial charge is 0.435 e. The first-order valence-electron chi connectivity index (χ1n) is 6.93. The second kappa shape index (κ2) is 10.2. The molecular formula is C14H28O4Si. The molecular weight excluding hydrogens is 260 g/mol. The van der Waals surface area contributed by atoms with Gasteiger partial charge in [-0.1, -0.05) is 19.9 Å². The van der Waals surface area contributed by atoms with Crippen LogP contribution in [0.4, 0.5) is 0 Å². The van der Waals surface area contributed by atoms with E-state index in [0.717, 1.165) is 25.5 Å². The van der Waals surface area contributed by atoms with Gasteiger partial charge in [0.15, 0.2) is 15.1 Å². The summed E-state index contributed by atoms with van der Waals surface area (Å²) in [6, 6.07) is 1.06.